The summed E-state index contributed by atoms with van der Waals surface area (Å²) >= 11 is 0. The van der Waals surface area contributed by atoms with Gasteiger partial charge >= 0.3 is 5.97 Å². The molecule has 0 unspecified atom stereocenters. The number of carbonyl (C=O) groups is 2. The molecule has 2 rings (SSSR count). The number of hydrogen-bond donors (Lipinski definition) is 0. The number of Topliss-reactive ketones (excluding diaryl/α,β-unsaturated/α-hetero) is 1. The number of hydrogen-bond acceptors (Lipinski definition) is 3. The number of carbonyl (C=O) groups excluding carboxylic acids is 2. The van der Waals surface area contributed by atoms with Crippen LogP contribution in [0.4, 0.5) is 4.39 Å². The Morgan fingerprint density at radius 3 is 2.32 bits per heavy atom. The number of ketones is 1. The van der Waals surface area contributed by atoms with Crippen LogP contribution in [0.3, 0.4) is 0 Å². The van der Waals surface area contributed by atoms with E-state index >= 15 is 0 Å². The molecule has 0 spiro atoms. The lowest BCUT2D eigenvalue weighted by atomic mass is 10.0. The van der Waals surface area contributed by atoms with E-state index in [9.17, 15) is 14.0 Å². The fraction of sp³-hybridized carbons (Fsp3) is 0.111. The predicted octanol–water partition coefficient (Wildman–Crippen LogP) is 3.66. The van der Waals surface area contributed by atoms with Gasteiger partial charge in [-0.2, -0.15) is 0 Å². The Kier molecular flexibility index (Phi) is 5.20. The molecule has 0 saturated carbocycles. The number of esters is 1. The van der Waals surface area contributed by atoms with Crippen molar-refractivity contribution in [1.82, 2.24) is 0 Å². The van der Waals surface area contributed by atoms with Gasteiger partial charge in [0.25, 0.3) is 0 Å². The molecule has 4 heteroatoms. The molecule has 0 heterocycles. The van der Waals surface area contributed by atoms with Gasteiger partial charge in [0.05, 0.1) is 0 Å². The van der Waals surface area contributed by atoms with Gasteiger partial charge in [0.15, 0.2) is 5.78 Å². The molecule has 0 aromatic heterocycles. The van der Waals surface area contributed by atoms with E-state index in [0.717, 1.165) is 0 Å². The Bertz CT molecular complexity index is 705. The smallest absolute Gasteiger partial charge is 0.302 e. The largest absolute Gasteiger partial charge is 0.461 e. The van der Waals surface area contributed by atoms with Crippen molar-refractivity contribution in [2.24, 2.45) is 0 Å². The van der Waals surface area contributed by atoms with Crippen LogP contribution >= 0.6 is 0 Å². The van der Waals surface area contributed by atoms with Crippen molar-refractivity contribution in [1.29, 1.82) is 0 Å². The molecule has 0 amide bonds. The molecule has 0 aliphatic carbocycles. The summed E-state index contributed by atoms with van der Waals surface area (Å²) in [6.07, 6.45) is 1.41. The Balaban J connectivity index is 2.36. The van der Waals surface area contributed by atoms with Crippen molar-refractivity contribution in [3.63, 3.8) is 0 Å². The minimum absolute atomic E-state index is 0.197. The molecular formula is C18H15FO3. The lowest BCUT2D eigenvalue weighted by molar-refractivity contribution is -0.139. The summed E-state index contributed by atoms with van der Waals surface area (Å²) in [6.45, 7) is 1.06. The highest BCUT2D eigenvalue weighted by Crippen LogP contribution is 2.16. The Morgan fingerprint density at radius 2 is 1.68 bits per heavy atom. The number of ether oxygens (including phenoxy) is 1. The van der Waals surface area contributed by atoms with Crippen LogP contribution in [0.5, 0.6) is 0 Å². The Morgan fingerprint density at radius 1 is 1.05 bits per heavy atom. The van der Waals surface area contributed by atoms with E-state index in [2.05, 4.69) is 0 Å². The predicted molar refractivity (Wildman–Crippen MR) is 81.8 cm³/mol. The van der Waals surface area contributed by atoms with E-state index in [1.165, 1.54) is 19.1 Å². The second-order valence-corrected chi connectivity index (χ2v) is 4.67. The summed E-state index contributed by atoms with van der Waals surface area (Å²) < 4.78 is 18.7. The van der Waals surface area contributed by atoms with Gasteiger partial charge in [0.2, 0.25) is 0 Å². The van der Waals surface area contributed by atoms with Crippen molar-refractivity contribution < 1.29 is 18.7 Å². The van der Waals surface area contributed by atoms with E-state index in [-0.39, 0.29) is 23.5 Å². The van der Waals surface area contributed by atoms with Gasteiger partial charge in [0, 0.05) is 23.6 Å². The van der Waals surface area contributed by atoms with E-state index < -0.39 is 11.8 Å². The molecule has 0 radical (unpaired) electrons. The number of rotatable bonds is 5. The third-order valence-corrected chi connectivity index (χ3v) is 2.99. The zero-order chi connectivity index (χ0) is 15.9. The maximum absolute atomic E-state index is 13.8. The molecule has 112 valence electrons. The van der Waals surface area contributed by atoms with Crippen LogP contribution < -0.4 is 0 Å². The van der Waals surface area contributed by atoms with Gasteiger partial charge in [0.1, 0.15) is 12.4 Å². The van der Waals surface area contributed by atoms with Gasteiger partial charge in [-0.15, -0.1) is 0 Å². The first kappa shape index (κ1) is 15.6. The number of halogens is 1. The summed E-state index contributed by atoms with van der Waals surface area (Å²) in [4.78, 5) is 23.5. The lowest BCUT2D eigenvalue weighted by Crippen LogP contribution is -2.12. The van der Waals surface area contributed by atoms with E-state index in [0.29, 0.717) is 5.56 Å². The maximum atomic E-state index is 13.8. The van der Waals surface area contributed by atoms with Gasteiger partial charge in [-0.3, -0.25) is 9.59 Å². The van der Waals surface area contributed by atoms with Gasteiger partial charge in [-0.1, -0.05) is 48.5 Å². The minimum Gasteiger partial charge on any atom is -0.461 e. The number of benzene rings is 2. The van der Waals surface area contributed by atoms with Crippen molar-refractivity contribution in [2.45, 2.75) is 6.92 Å². The second-order valence-electron chi connectivity index (χ2n) is 4.67. The molecule has 0 fully saturated rings. The fourth-order valence-corrected chi connectivity index (χ4v) is 1.91. The third kappa shape index (κ3) is 4.12. The van der Waals surface area contributed by atoms with Crippen LogP contribution in [0.1, 0.15) is 22.8 Å². The molecule has 22 heavy (non-hydrogen) atoms. The first-order valence-electron chi connectivity index (χ1n) is 6.76. The molecule has 3 nitrogen and oxygen atoms in total. The minimum atomic E-state index is -0.500. The van der Waals surface area contributed by atoms with Crippen molar-refractivity contribution in [3.8, 4) is 0 Å². The molecule has 0 atom stereocenters. The van der Waals surface area contributed by atoms with Crippen molar-refractivity contribution in [2.75, 3.05) is 6.61 Å². The Labute approximate surface area is 128 Å². The van der Waals surface area contributed by atoms with Gasteiger partial charge < -0.3 is 4.74 Å². The SMILES string of the molecule is CC(=O)OC/C(=C\c1ccccc1F)C(=O)c1ccccc1. The molecule has 0 saturated heterocycles. The Hall–Kier alpha value is -2.75. The summed E-state index contributed by atoms with van der Waals surface area (Å²) in [6, 6.07) is 14.7. The first-order valence-corrected chi connectivity index (χ1v) is 6.76. The summed E-state index contributed by atoms with van der Waals surface area (Å²) in [7, 11) is 0. The lowest BCUT2D eigenvalue weighted by Gasteiger charge is -2.08. The molecule has 0 aliphatic rings. The van der Waals surface area contributed by atoms with E-state index in [1.807, 2.05) is 0 Å². The zero-order valence-electron chi connectivity index (χ0n) is 12.1. The second kappa shape index (κ2) is 7.31. The summed E-state index contributed by atoms with van der Waals surface area (Å²) in [5.74, 6) is -1.24. The standard InChI is InChI=1S/C18H15FO3/c1-13(20)22-12-16(11-15-9-5-6-10-17(15)19)18(21)14-7-3-2-4-8-14/h2-11H,12H2,1H3/b16-11+. The molecule has 0 bridgehead atoms. The van der Waals surface area contributed by atoms with E-state index in [4.69, 9.17) is 4.74 Å². The molecular weight excluding hydrogens is 283 g/mol. The quantitative estimate of drug-likeness (QED) is 0.481. The molecule has 2 aromatic rings. The topological polar surface area (TPSA) is 43.4 Å². The fourth-order valence-electron chi connectivity index (χ4n) is 1.91. The normalized spacial score (nSPS) is 11.1. The molecule has 0 N–H and O–H groups in total. The van der Waals surface area contributed by atoms with Gasteiger partial charge in [-0.25, -0.2) is 4.39 Å². The van der Waals surface area contributed by atoms with Crippen LogP contribution in [-0.4, -0.2) is 18.4 Å². The maximum Gasteiger partial charge on any atom is 0.302 e. The van der Waals surface area contributed by atoms with Gasteiger partial charge in [-0.05, 0) is 12.1 Å². The highest BCUT2D eigenvalue weighted by Gasteiger charge is 2.14. The average Bonchev–Trinajstić information content (AvgIpc) is 2.53. The average molecular weight is 298 g/mol. The molecule has 0 aliphatic heterocycles. The highest BCUT2D eigenvalue weighted by molar-refractivity contribution is 6.11. The first-order chi connectivity index (χ1) is 10.6. The summed E-state index contributed by atoms with van der Waals surface area (Å²) in [5, 5.41) is 0. The van der Waals surface area contributed by atoms with Crippen LogP contribution in [-0.2, 0) is 9.53 Å². The molecule has 2 aromatic carbocycles. The van der Waals surface area contributed by atoms with Crippen LogP contribution in [0.2, 0.25) is 0 Å². The zero-order valence-corrected chi connectivity index (χ0v) is 12.1. The van der Waals surface area contributed by atoms with E-state index in [1.54, 1.807) is 48.5 Å². The van der Waals surface area contributed by atoms with Crippen LogP contribution in [0.25, 0.3) is 6.08 Å². The monoisotopic (exact) mass is 298 g/mol. The third-order valence-electron chi connectivity index (χ3n) is 2.99. The van der Waals surface area contributed by atoms with Crippen molar-refractivity contribution in [3.05, 3.63) is 77.1 Å². The summed E-state index contributed by atoms with van der Waals surface area (Å²) in [5.41, 5.74) is 0.942. The van der Waals surface area contributed by atoms with Crippen LogP contribution in [0, 0.1) is 5.82 Å². The van der Waals surface area contributed by atoms with Crippen LogP contribution in [0.15, 0.2) is 60.2 Å². The van der Waals surface area contributed by atoms with Crippen molar-refractivity contribution >= 4 is 17.8 Å². The highest BCUT2D eigenvalue weighted by atomic mass is 19.1.